The fraction of sp³-hybridized carbons (Fsp3) is 0.231. The summed E-state index contributed by atoms with van der Waals surface area (Å²) in [6, 6.07) is 12.0. The average molecular weight is 495 g/mol. The van der Waals surface area contributed by atoms with E-state index >= 15 is 0 Å². The van der Waals surface area contributed by atoms with Crippen LogP contribution < -0.4 is 15.4 Å². The summed E-state index contributed by atoms with van der Waals surface area (Å²) < 4.78 is 10.6. The lowest BCUT2D eigenvalue weighted by atomic mass is 10.1. The van der Waals surface area contributed by atoms with Crippen molar-refractivity contribution in [3.8, 4) is 5.75 Å². The molecule has 0 saturated carbocycles. The molecule has 8 nitrogen and oxygen atoms in total. The highest BCUT2D eigenvalue weighted by atomic mass is 32.1. The van der Waals surface area contributed by atoms with Gasteiger partial charge in [0.1, 0.15) is 17.0 Å². The lowest BCUT2D eigenvalue weighted by Crippen LogP contribution is -2.21. The number of amides is 2. The Morgan fingerprint density at radius 1 is 1.00 bits per heavy atom. The van der Waals surface area contributed by atoms with Gasteiger partial charge in [-0.15, -0.1) is 11.3 Å². The van der Waals surface area contributed by atoms with Crippen LogP contribution in [0.3, 0.4) is 0 Å². The maximum Gasteiger partial charge on any atom is 0.341 e. The number of carbonyl (C=O) groups excluding carboxylic acids is 4. The molecule has 2 aromatic carbocycles. The first-order chi connectivity index (χ1) is 16.7. The van der Waals surface area contributed by atoms with Gasteiger partial charge in [-0.05, 0) is 69.2 Å². The molecule has 0 unspecified atom stereocenters. The number of carbonyl (C=O) groups is 4. The maximum absolute atomic E-state index is 13.1. The second kappa shape index (κ2) is 11.4. The van der Waals surface area contributed by atoms with Crippen LogP contribution in [-0.4, -0.2) is 37.3 Å². The molecular formula is C26H26N2O6S. The topological polar surface area (TPSA) is 111 Å². The van der Waals surface area contributed by atoms with Crippen molar-refractivity contribution in [3.63, 3.8) is 0 Å². The number of ether oxygens (including phenoxy) is 2. The zero-order valence-electron chi connectivity index (χ0n) is 19.9. The van der Waals surface area contributed by atoms with Gasteiger partial charge in [-0.2, -0.15) is 0 Å². The molecule has 2 amide bonds. The summed E-state index contributed by atoms with van der Waals surface area (Å²) in [5.74, 6) is -1.13. The molecule has 0 atom stereocenters. The largest absolute Gasteiger partial charge is 0.484 e. The van der Waals surface area contributed by atoms with Crippen LogP contribution in [0, 0.1) is 20.8 Å². The van der Waals surface area contributed by atoms with Crippen LogP contribution in [0.5, 0.6) is 5.75 Å². The third kappa shape index (κ3) is 6.33. The van der Waals surface area contributed by atoms with Crippen LogP contribution in [0.1, 0.15) is 54.0 Å². The van der Waals surface area contributed by atoms with Crippen LogP contribution in [-0.2, 0) is 9.53 Å². The minimum atomic E-state index is -0.632. The van der Waals surface area contributed by atoms with E-state index in [2.05, 4.69) is 10.6 Å². The van der Waals surface area contributed by atoms with Gasteiger partial charge in [0.15, 0.2) is 6.61 Å². The van der Waals surface area contributed by atoms with Crippen molar-refractivity contribution in [3.05, 3.63) is 75.2 Å². The van der Waals surface area contributed by atoms with E-state index in [-0.39, 0.29) is 28.7 Å². The normalized spacial score (nSPS) is 10.4. The molecule has 1 heterocycles. The maximum atomic E-state index is 13.1. The Bertz CT molecular complexity index is 1260. The molecule has 3 rings (SSSR count). The molecule has 2 N–H and O–H groups in total. The number of thiophene rings is 1. The highest BCUT2D eigenvalue weighted by Gasteiger charge is 2.27. The number of rotatable bonds is 9. The fourth-order valence-electron chi connectivity index (χ4n) is 3.35. The summed E-state index contributed by atoms with van der Waals surface area (Å²) in [7, 11) is 0. The molecule has 0 spiro atoms. The Morgan fingerprint density at radius 3 is 2.34 bits per heavy atom. The monoisotopic (exact) mass is 494 g/mol. The zero-order valence-corrected chi connectivity index (χ0v) is 20.7. The summed E-state index contributed by atoms with van der Waals surface area (Å²) >= 11 is 0.992. The van der Waals surface area contributed by atoms with Crippen LogP contribution in [0.4, 0.5) is 10.7 Å². The number of benzene rings is 2. The molecule has 0 radical (unpaired) electrons. The molecule has 0 fully saturated rings. The summed E-state index contributed by atoms with van der Waals surface area (Å²) in [4.78, 5) is 49.3. The summed E-state index contributed by atoms with van der Waals surface area (Å²) in [6.07, 6.45) is 0.709. The van der Waals surface area contributed by atoms with Gasteiger partial charge in [0, 0.05) is 11.3 Å². The summed E-state index contributed by atoms with van der Waals surface area (Å²) in [5, 5.41) is 5.74. The third-order valence-corrected chi connectivity index (χ3v) is 6.31. The molecule has 0 aliphatic rings. The number of anilines is 2. The van der Waals surface area contributed by atoms with Gasteiger partial charge in [0.2, 0.25) is 0 Å². The first-order valence-corrected chi connectivity index (χ1v) is 11.7. The van der Waals surface area contributed by atoms with Gasteiger partial charge in [-0.1, -0.05) is 17.7 Å². The van der Waals surface area contributed by atoms with Crippen molar-refractivity contribution in [1.82, 2.24) is 0 Å². The van der Waals surface area contributed by atoms with Crippen molar-refractivity contribution in [2.24, 2.45) is 0 Å². The SMILES string of the molecule is CCOC(=O)c1c(NC(=O)COc2ccc(C=O)cc2)sc(C(=O)Nc2ccc(C)cc2C)c1C. The Kier molecular flexibility index (Phi) is 8.38. The Labute approximate surface area is 207 Å². The second-order valence-corrected chi connectivity index (χ2v) is 8.80. The summed E-state index contributed by atoms with van der Waals surface area (Å²) in [5.41, 5.74) is 3.67. The van der Waals surface area contributed by atoms with Crippen molar-refractivity contribution in [2.75, 3.05) is 23.8 Å². The quantitative estimate of drug-likeness (QED) is 0.322. The predicted octanol–water partition coefficient (Wildman–Crippen LogP) is 4.93. The van der Waals surface area contributed by atoms with E-state index in [4.69, 9.17) is 9.47 Å². The Hall–Kier alpha value is -3.98. The first-order valence-electron chi connectivity index (χ1n) is 10.9. The first kappa shape index (κ1) is 25.6. The highest BCUT2D eigenvalue weighted by molar-refractivity contribution is 7.19. The van der Waals surface area contributed by atoms with E-state index in [1.54, 1.807) is 38.1 Å². The number of esters is 1. The van der Waals surface area contributed by atoms with Crippen molar-refractivity contribution < 1.29 is 28.7 Å². The van der Waals surface area contributed by atoms with E-state index in [1.807, 2.05) is 32.0 Å². The standard InChI is InChI=1S/C26H26N2O6S/c1-5-33-26(32)22-17(4)23(24(31)27-20-11-6-15(2)12-16(20)3)35-25(22)28-21(30)14-34-19-9-7-18(13-29)8-10-19/h6-13H,5,14H2,1-4H3,(H,27,31)(H,28,30). The van der Waals surface area contributed by atoms with Gasteiger partial charge >= 0.3 is 5.97 Å². The van der Waals surface area contributed by atoms with E-state index in [0.29, 0.717) is 28.8 Å². The van der Waals surface area contributed by atoms with Crippen LogP contribution in [0.2, 0.25) is 0 Å². The van der Waals surface area contributed by atoms with Crippen molar-refractivity contribution in [1.29, 1.82) is 0 Å². The number of aryl methyl sites for hydroxylation is 2. The minimum Gasteiger partial charge on any atom is -0.484 e. The van der Waals surface area contributed by atoms with Gasteiger partial charge in [0.25, 0.3) is 11.8 Å². The lowest BCUT2D eigenvalue weighted by molar-refractivity contribution is -0.118. The number of nitrogens with one attached hydrogen (secondary N) is 2. The predicted molar refractivity (Wildman–Crippen MR) is 135 cm³/mol. The van der Waals surface area contributed by atoms with E-state index < -0.39 is 17.8 Å². The Balaban J connectivity index is 1.80. The van der Waals surface area contributed by atoms with E-state index in [9.17, 15) is 19.2 Å². The molecule has 35 heavy (non-hydrogen) atoms. The van der Waals surface area contributed by atoms with Crippen LogP contribution >= 0.6 is 11.3 Å². The van der Waals surface area contributed by atoms with Gasteiger partial charge in [-0.3, -0.25) is 14.4 Å². The summed E-state index contributed by atoms with van der Waals surface area (Å²) in [6.45, 7) is 6.99. The van der Waals surface area contributed by atoms with Gasteiger partial charge in [0.05, 0.1) is 17.0 Å². The fourth-order valence-corrected chi connectivity index (χ4v) is 4.46. The molecule has 3 aromatic rings. The molecule has 0 aliphatic carbocycles. The number of hydrogen-bond donors (Lipinski definition) is 2. The molecule has 1 aromatic heterocycles. The molecular weight excluding hydrogens is 468 g/mol. The molecule has 0 aliphatic heterocycles. The third-order valence-electron chi connectivity index (χ3n) is 5.10. The molecule has 9 heteroatoms. The number of aldehydes is 1. The van der Waals surface area contributed by atoms with Crippen LogP contribution in [0.25, 0.3) is 0 Å². The van der Waals surface area contributed by atoms with Gasteiger partial charge < -0.3 is 20.1 Å². The second-order valence-electron chi connectivity index (χ2n) is 7.78. The average Bonchev–Trinajstić information content (AvgIpc) is 3.15. The Morgan fingerprint density at radius 2 is 1.71 bits per heavy atom. The molecule has 0 bridgehead atoms. The van der Waals surface area contributed by atoms with Gasteiger partial charge in [-0.25, -0.2) is 4.79 Å². The smallest absolute Gasteiger partial charge is 0.341 e. The van der Waals surface area contributed by atoms with Crippen molar-refractivity contribution >= 4 is 46.1 Å². The molecule has 182 valence electrons. The van der Waals surface area contributed by atoms with Crippen LogP contribution in [0.15, 0.2) is 42.5 Å². The highest BCUT2D eigenvalue weighted by Crippen LogP contribution is 2.34. The number of hydrogen-bond acceptors (Lipinski definition) is 7. The molecule has 0 saturated heterocycles. The van der Waals surface area contributed by atoms with E-state index in [0.717, 1.165) is 22.5 Å². The van der Waals surface area contributed by atoms with Crippen molar-refractivity contribution in [2.45, 2.75) is 27.7 Å². The van der Waals surface area contributed by atoms with E-state index in [1.165, 1.54) is 0 Å². The zero-order chi connectivity index (χ0) is 25.5. The minimum absolute atomic E-state index is 0.131. The lowest BCUT2D eigenvalue weighted by Gasteiger charge is -2.09.